The highest BCUT2D eigenvalue weighted by atomic mass is 32.2. The van der Waals surface area contributed by atoms with Gasteiger partial charge < -0.3 is 38.7 Å². The normalized spacial score (nSPS) is 21.9. The van der Waals surface area contributed by atoms with Crippen molar-refractivity contribution in [1.82, 2.24) is 4.90 Å². The first-order chi connectivity index (χ1) is 34.5. The number of oxime groups is 1. The number of carbonyl (C=O) groups excluding carboxylic acids is 1. The Balaban J connectivity index is 1.30. The number of allylic oxidation sites excluding steroid dienone is 1. The molecule has 0 saturated heterocycles. The van der Waals surface area contributed by atoms with Crippen LogP contribution < -0.4 is 9.47 Å². The Bertz CT molecular complexity index is 2610. The number of aliphatic hydroxyl groups excluding tert-OH is 2. The Morgan fingerprint density at radius 1 is 0.887 bits per heavy atom. The van der Waals surface area contributed by atoms with Gasteiger partial charge in [-0.15, -0.1) is 18.3 Å². The number of hydrogen-bond donors (Lipinski definition) is 2. The van der Waals surface area contributed by atoms with E-state index in [2.05, 4.69) is 61.4 Å². The number of ether oxygens (including phenoxy) is 5. The number of rotatable bonds is 23. The van der Waals surface area contributed by atoms with E-state index < -0.39 is 29.4 Å². The minimum Gasteiger partial charge on any atom is -0.459 e. The summed E-state index contributed by atoms with van der Waals surface area (Å²) < 4.78 is 33.7. The average molecular weight is 983 g/mol. The van der Waals surface area contributed by atoms with Crippen LogP contribution in [0, 0.1) is 17.8 Å². The summed E-state index contributed by atoms with van der Waals surface area (Å²) in [6.45, 7) is 11.1. The van der Waals surface area contributed by atoms with E-state index in [1.165, 1.54) is 0 Å². The van der Waals surface area contributed by atoms with Crippen LogP contribution in [0.4, 0.5) is 4.79 Å². The monoisotopic (exact) mass is 982 g/mol. The highest BCUT2D eigenvalue weighted by Gasteiger charge is 2.66. The summed E-state index contributed by atoms with van der Waals surface area (Å²) >= 11 is 1.68. The highest BCUT2D eigenvalue weighted by Crippen LogP contribution is 2.62. The third-order valence-corrected chi connectivity index (χ3v) is 14.5. The zero-order valence-corrected chi connectivity index (χ0v) is 42.5. The van der Waals surface area contributed by atoms with Gasteiger partial charge in [-0.1, -0.05) is 103 Å². The summed E-state index contributed by atoms with van der Waals surface area (Å²) in [6, 6.07) is 37.5. The van der Waals surface area contributed by atoms with Crippen LogP contribution in [0.5, 0.6) is 17.2 Å². The van der Waals surface area contributed by atoms with Crippen LogP contribution in [0.3, 0.4) is 0 Å². The maximum absolute atomic E-state index is 15.3. The molecular weight excluding hydrogens is 913 g/mol. The third kappa shape index (κ3) is 12.4. The maximum atomic E-state index is 15.3. The van der Waals surface area contributed by atoms with Crippen LogP contribution in [0.25, 0.3) is 10.8 Å². The lowest BCUT2D eigenvalue weighted by atomic mass is 9.55. The fourth-order valence-electron chi connectivity index (χ4n) is 10.6. The molecule has 2 N–H and O–H groups in total. The lowest BCUT2D eigenvalue weighted by Gasteiger charge is -2.60. The van der Waals surface area contributed by atoms with Gasteiger partial charge in [0.2, 0.25) is 5.79 Å². The number of aliphatic hydroxyl groups is 2. The fraction of sp³-hybridized carbons (Fsp3) is 0.424. The molecule has 5 aromatic rings. The van der Waals surface area contributed by atoms with Gasteiger partial charge in [0.15, 0.2) is 0 Å². The van der Waals surface area contributed by atoms with Gasteiger partial charge in [-0.2, -0.15) is 0 Å². The summed E-state index contributed by atoms with van der Waals surface area (Å²) in [7, 11) is 0. The molecule has 376 valence electrons. The molecule has 11 nitrogen and oxygen atoms in total. The molecule has 1 aliphatic heterocycles. The number of amides is 1. The second-order valence-corrected chi connectivity index (χ2v) is 20.6. The molecule has 1 fully saturated rings. The molecule has 0 radical (unpaired) electrons. The first-order valence-electron chi connectivity index (χ1n) is 25.2. The van der Waals surface area contributed by atoms with Gasteiger partial charge in [0.05, 0.1) is 38.0 Å². The predicted octanol–water partition coefficient (Wildman–Crippen LogP) is 12.6. The fourth-order valence-corrected chi connectivity index (χ4v) is 11.0. The number of benzene rings is 5. The SMILES string of the molecule is C=CCOC12Oc3ccc(Oc4ccc(SC)cc4)cc3C3C(CCCCO)C(CCCCO)C=C(C(=NOC(C)(C)C)CC1N(Cc1cccc4ccccc14)C(=O)OCCOCc1ccccc1)C32. The van der Waals surface area contributed by atoms with Crippen LogP contribution in [-0.4, -0.2) is 83.6 Å². The van der Waals surface area contributed by atoms with Gasteiger partial charge in [-0.25, -0.2) is 4.79 Å². The summed E-state index contributed by atoms with van der Waals surface area (Å²) in [4.78, 5) is 24.6. The van der Waals surface area contributed by atoms with Crippen LogP contribution in [0.15, 0.2) is 150 Å². The number of fused-ring (bicyclic) bond motifs is 3. The Hall–Kier alpha value is -5.63. The van der Waals surface area contributed by atoms with E-state index in [1.807, 2.05) is 93.6 Å². The van der Waals surface area contributed by atoms with E-state index in [0.717, 1.165) is 63.6 Å². The summed E-state index contributed by atoms with van der Waals surface area (Å²) in [5.74, 6) is -0.146. The van der Waals surface area contributed by atoms with Gasteiger partial charge in [0.25, 0.3) is 0 Å². The van der Waals surface area contributed by atoms with E-state index in [9.17, 15) is 10.2 Å². The minimum absolute atomic E-state index is 0.0190. The molecule has 8 rings (SSSR count). The number of thioether (sulfide) groups is 1. The molecule has 5 aromatic carbocycles. The van der Waals surface area contributed by atoms with Crippen molar-refractivity contribution in [1.29, 1.82) is 0 Å². The van der Waals surface area contributed by atoms with E-state index in [4.69, 9.17) is 33.7 Å². The third-order valence-electron chi connectivity index (χ3n) is 13.8. The van der Waals surface area contributed by atoms with Crippen molar-refractivity contribution >= 4 is 34.3 Å². The molecule has 2 aliphatic carbocycles. The van der Waals surface area contributed by atoms with Crippen molar-refractivity contribution in [3.8, 4) is 17.2 Å². The van der Waals surface area contributed by atoms with Crippen LogP contribution in [0.2, 0.25) is 0 Å². The minimum atomic E-state index is -1.49. The van der Waals surface area contributed by atoms with Gasteiger partial charge in [0, 0.05) is 36.0 Å². The van der Waals surface area contributed by atoms with Crippen molar-refractivity contribution in [2.45, 2.75) is 107 Å². The Morgan fingerprint density at radius 2 is 1.62 bits per heavy atom. The zero-order chi connectivity index (χ0) is 49.8. The molecule has 0 spiro atoms. The topological polar surface area (TPSA) is 129 Å². The molecule has 0 aromatic heterocycles. The smallest absolute Gasteiger partial charge is 0.410 e. The van der Waals surface area contributed by atoms with Gasteiger partial charge in [-0.05, 0) is 134 Å². The van der Waals surface area contributed by atoms with Crippen molar-refractivity contribution in [3.63, 3.8) is 0 Å². The molecule has 71 heavy (non-hydrogen) atoms. The first-order valence-corrected chi connectivity index (χ1v) is 26.4. The molecule has 6 unspecified atom stereocenters. The van der Waals surface area contributed by atoms with Gasteiger partial charge in [0.1, 0.15) is 35.5 Å². The highest BCUT2D eigenvalue weighted by molar-refractivity contribution is 7.98. The van der Waals surface area contributed by atoms with Crippen LogP contribution in [0.1, 0.15) is 88.3 Å². The first kappa shape index (κ1) is 51.7. The number of hydrogen-bond acceptors (Lipinski definition) is 11. The Kier molecular flexibility index (Phi) is 17.6. The van der Waals surface area contributed by atoms with E-state index in [-0.39, 0.29) is 63.8 Å². The molecule has 1 saturated carbocycles. The van der Waals surface area contributed by atoms with E-state index >= 15 is 4.79 Å². The summed E-state index contributed by atoms with van der Waals surface area (Å²) in [5, 5.41) is 27.3. The Morgan fingerprint density at radius 3 is 2.37 bits per heavy atom. The van der Waals surface area contributed by atoms with Crippen molar-refractivity contribution < 1.29 is 43.5 Å². The van der Waals surface area contributed by atoms with E-state index in [1.54, 1.807) is 22.7 Å². The molecule has 12 heteroatoms. The van der Waals surface area contributed by atoms with Gasteiger partial charge >= 0.3 is 6.09 Å². The van der Waals surface area contributed by atoms with Crippen molar-refractivity contribution in [2.24, 2.45) is 22.9 Å². The molecule has 6 atom stereocenters. The van der Waals surface area contributed by atoms with E-state index in [0.29, 0.717) is 42.4 Å². The standard InChI is InChI=1S/C59H70N2O9S/c1-6-33-67-59-54(61(39-44-22-16-21-42-19-10-11-23-48(42)44)57(64)66-35-34-65-40-41-17-8-7-9-18-41)38-52(60-70-58(2,3)4)50-36-43(20-12-14-31-62)49(24-13-15-32-63)55(56(50)59)51-37-46(27-30-53(51)69-59)68-45-25-28-47(71-5)29-26-45/h6-11,16-19,21-23,25-30,36-37,43,49,54-56,62-63H,1,12-15,20,24,31-35,38-40H2,2-5H3. The molecule has 1 heterocycles. The summed E-state index contributed by atoms with van der Waals surface area (Å²) in [6.07, 6.45) is 10.4. The lowest BCUT2D eigenvalue weighted by molar-refractivity contribution is -0.256. The molecule has 0 bridgehead atoms. The van der Waals surface area contributed by atoms with Crippen LogP contribution >= 0.6 is 11.8 Å². The van der Waals surface area contributed by atoms with Crippen molar-refractivity contribution in [3.05, 3.63) is 156 Å². The van der Waals surface area contributed by atoms with Crippen molar-refractivity contribution in [2.75, 3.05) is 39.3 Å². The molecular formula is C59H70N2O9S. The summed E-state index contributed by atoms with van der Waals surface area (Å²) in [5.41, 5.74) is 3.94. The lowest BCUT2D eigenvalue weighted by Crippen LogP contribution is -2.70. The quantitative estimate of drug-likeness (QED) is 0.0282. The van der Waals surface area contributed by atoms with Gasteiger partial charge in [-0.3, -0.25) is 4.90 Å². The molecule has 3 aliphatic rings. The second-order valence-electron chi connectivity index (χ2n) is 19.7. The second kappa shape index (κ2) is 24.2. The maximum Gasteiger partial charge on any atom is 0.410 e. The zero-order valence-electron chi connectivity index (χ0n) is 41.7. The predicted molar refractivity (Wildman–Crippen MR) is 281 cm³/mol. The average Bonchev–Trinajstić information content (AvgIpc) is 3.38. The number of unbranched alkanes of at least 4 members (excludes halogenated alkanes) is 2. The Labute approximate surface area is 423 Å². The molecule has 1 amide bonds. The number of carbonyl (C=O) groups is 1. The van der Waals surface area contributed by atoms with Crippen LogP contribution in [-0.2, 0) is 32.2 Å². The largest absolute Gasteiger partial charge is 0.459 e. The number of nitrogens with zero attached hydrogens (tertiary/aromatic N) is 2.